The fraction of sp³-hybridized carbons (Fsp3) is 0.781. The van der Waals surface area contributed by atoms with E-state index in [0.29, 0.717) is 19.6 Å². The minimum atomic E-state index is -2.19. The number of carbonyl (C=O) groups is 1. The predicted octanol–water partition coefficient (Wildman–Crippen LogP) is 7.68. The zero-order valence-electron chi connectivity index (χ0n) is 28.4. The highest BCUT2D eigenvalue weighted by Gasteiger charge is 2.46. The summed E-state index contributed by atoms with van der Waals surface area (Å²) in [7, 11) is 0.650. The van der Waals surface area contributed by atoms with E-state index in [4.69, 9.17) is 23.2 Å². The highest BCUT2D eigenvalue weighted by molar-refractivity contribution is 6.74. The largest absolute Gasteiger partial charge is 0.413 e. The molecule has 0 aliphatic rings. The van der Waals surface area contributed by atoms with Gasteiger partial charge in [0.2, 0.25) is 0 Å². The van der Waals surface area contributed by atoms with Crippen molar-refractivity contribution in [2.24, 2.45) is 11.8 Å². The van der Waals surface area contributed by atoms with Crippen LogP contribution in [-0.4, -0.2) is 73.8 Å². The average Bonchev–Trinajstić information content (AvgIpc) is 2.95. The molecule has 41 heavy (non-hydrogen) atoms. The first kappa shape index (κ1) is 37.9. The van der Waals surface area contributed by atoms with Gasteiger partial charge in [-0.25, -0.2) is 5.06 Å². The molecule has 1 rings (SSSR count). The molecular formula is C32H61NO6Si2. The smallest absolute Gasteiger partial charge is 0.251 e. The van der Waals surface area contributed by atoms with Crippen molar-refractivity contribution in [3.05, 3.63) is 35.9 Å². The lowest BCUT2D eigenvalue weighted by molar-refractivity contribution is -0.177. The molecule has 0 bridgehead atoms. The van der Waals surface area contributed by atoms with Gasteiger partial charge >= 0.3 is 0 Å². The number of hydroxylamine groups is 2. The summed E-state index contributed by atoms with van der Waals surface area (Å²) in [5.74, 6) is -0.553. The molecule has 1 aromatic rings. The zero-order valence-corrected chi connectivity index (χ0v) is 30.4. The summed E-state index contributed by atoms with van der Waals surface area (Å²) in [5.41, 5.74) is 1.12. The van der Waals surface area contributed by atoms with Crippen molar-refractivity contribution in [3.63, 3.8) is 0 Å². The van der Waals surface area contributed by atoms with Gasteiger partial charge in [-0.2, -0.15) is 0 Å². The first-order valence-corrected chi connectivity index (χ1v) is 20.9. The standard InChI is InChI=1S/C32H61NO6Si2/c1-14-41(15-2,16-3)39-30(26(5)31(34)33(9)36-11)25(4)29(38-40(12,13)32(6,7)8)22-28(24-35-10)37-23-27-20-18-17-19-21-27/h17-21,25-26,28-30H,14-16,22-24H2,1-13H3/t25-,26+,28+,29+,30-/m0/s1. The van der Waals surface area contributed by atoms with Crippen molar-refractivity contribution in [2.45, 2.75) is 123 Å². The van der Waals surface area contributed by atoms with Crippen molar-refractivity contribution in [2.75, 3.05) is 27.9 Å². The third-order valence-corrected chi connectivity index (χ3v) is 18.5. The molecule has 0 aromatic heterocycles. The summed E-state index contributed by atoms with van der Waals surface area (Å²) >= 11 is 0. The number of carbonyl (C=O) groups excluding carboxylic acids is 1. The van der Waals surface area contributed by atoms with E-state index in [1.807, 2.05) is 25.1 Å². The van der Waals surface area contributed by atoms with Gasteiger partial charge in [-0.05, 0) is 41.8 Å². The fourth-order valence-electron chi connectivity index (χ4n) is 5.03. The molecule has 0 aliphatic carbocycles. The van der Waals surface area contributed by atoms with Crippen LogP contribution in [-0.2, 0) is 34.6 Å². The van der Waals surface area contributed by atoms with Gasteiger partial charge in [0.15, 0.2) is 16.6 Å². The summed E-state index contributed by atoms with van der Waals surface area (Å²) in [5, 5.41) is 1.34. The van der Waals surface area contributed by atoms with E-state index in [1.165, 1.54) is 12.2 Å². The lowest BCUT2D eigenvalue weighted by atomic mass is 9.86. The van der Waals surface area contributed by atoms with Gasteiger partial charge in [0.25, 0.3) is 5.91 Å². The zero-order chi connectivity index (χ0) is 31.4. The minimum absolute atomic E-state index is 0.0233. The maximum absolute atomic E-state index is 13.5. The van der Waals surface area contributed by atoms with Crippen LogP contribution in [0, 0.1) is 11.8 Å². The van der Waals surface area contributed by atoms with Gasteiger partial charge in [0, 0.05) is 26.5 Å². The molecular weight excluding hydrogens is 551 g/mol. The maximum Gasteiger partial charge on any atom is 0.251 e. The Morgan fingerprint density at radius 1 is 0.951 bits per heavy atom. The molecule has 0 N–H and O–H groups in total. The lowest BCUT2D eigenvalue weighted by Gasteiger charge is -2.46. The normalized spacial score (nSPS) is 16.6. The van der Waals surface area contributed by atoms with Crippen molar-refractivity contribution in [3.8, 4) is 0 Å². The molecule has 0 aliphatic heterocycles. The number of ether oxygens (including phenoxy) is 2. The Kier molecular flexibility index (Phi) is 16.0. The van der Waals surface area contributed by atoms with Crippen LogP contribution in [0.4, 0.5) is 0 Å². The van der Waals surface area contributed by atoms with Crippen LogP contribution in [0.25, 0.3) is 0 Å². The van der Waals surface area contributed by atoms with Crippen molar-refractivity contribution >= 4 is 22.5 Å². The van der Waals surface area contributed by atoms with Gasteiger partial charge in [-0.15, -0.1) is 0 Å². The van der Waals surface area contributed by atoms with Crippen molar-refractivity contribution < 1.29 is 28.0 Å². The Morgan fingerprint density at radius 3 is 1.98 bits per heavy atom. The third kappa shape index (κ3) is 11.2. The molecule has 1 aromatic carbocycles. The van der Waals surface area contributed by atoms with E-state index in [-0.39, 0.29) is 35.2 Å². The number of methoxy groups -OCH3 is 1. The topological polar surface area (TPSA) is 66.5 Å². The highest BCUT2D eigenvalue weighted by atomic mass is 28.4. The maximum atomic E-state index is 13.5. The summed E-state index contributed by atoms with van der Waals surface area (Å²) in [4.78, 5) is 18.8. The van der Waals surface area contributed by atoms with E-state index in [0.717, 1.165) is 23.7 Å². The molecule has 0 spiro atoms. The Balaban J connectivity index is 3.53. The van der Waals surface area contributed by atoms with E-state index in [1.54, 1.807) is 14.2 Å². The second-order valence-corrected chi connectivity index (χ2v) is 22.5. The second kappa shape index (κ2) is 17.3. The van der Waals surface area contributed by atoms with E-state index < -0.39 is 22.6 Å². The lowest BCUT2D eigenvalue weighted by Crippen LogP contribution is -2.53. The number of hydrogen-bond acceptors (Lipinski definition) is 6. The van der Waals surface area contributed by atoms with Gasteiger partial charge in [0.1, 0.15) is 0 Å². The first-order chi connectivity index (χ1) is 19.1. The molecule has 5 atom stereocenters. The summed E-state index contributed by atoms with van der Waals surface area (Å²) in [6.45, 7) is 23.2. The van der Waals surface area contributed by atoms with Crippen LogP contribution in [0.15, 0.2) is 30.3 Å². The van der Waals surface area contributed by atoms with Crippen molar-refractivity contribution in [1.82, 2.24) is 5.06 Å². The summed E-state index contributed by atoms with van der Waals surface area (Å²) in [6.07, 6.45) is -0.0269. The summed E-state index contributed by atoms with van der Waals surface area (Å²) in [6, 6.07) is 13.2. The van der Waals surface area contributed by atoms with Gasteiger partial charge in [-0.1, -0.05) is 85.7 Å². The minimum Gasteiger partial charge on any atom is -0.413 e. The Morgan fingerprint density at radius 2 is 1.51 bits per heavy atom. The Labute approximate surface area is 253 Å². The molecule has 0 saturated heterocycles. The second-order valence-electron chi connectivity index (χ2n) is 13.0. The van der Waals surface area contributed by atoms with Gasteiger partial charge in [-0.3, -0.25) is 9.63 Å². The Bertz CT molecular complexity index is 866. The summed E-state index contributed by atoms with van der Waals surface area (Å²) < 4.78 is 26.4. The van der Waals surface area contributed by atoms with Crippen LogP contribution in [0.3, 0.4) is 0 Å². The SMILES string of the molecule is CC[Si](CC)(CC)O[C@@H]([C@@H](C)[C@@H](C[C@H](COC)OCc1ccccc1)O[Si](C)(C)C(C)(C)C)[C@@H](C)C(=O)N(C)OC. The van der Waals surface area contributed by atoms with Gasteiger partial charge in [0.05, 0.1) is 44.6 Å². The van der Waals surface area contributed by atoms with Crippen LogP contribution >= 0.6 is 0 Å². The monoisotopic (exact) mass is 611 g/mol. The van der Waals surface area contributed by atoms with Crippen LogP contribution < -0.4 is 0 Å². The quantitative estimate of drug-likeness (QED) is 0.118. The molecule has 0 fully saturated rings. The molecule has 0 unspecified atom stereocenters. The number of hydrogen-bond donors (Lipinski definition) is 0. The first-order valence-electron chi connectivity index (χ1n) is 15.4. The molecule has 7 nitrogen and oxygen atoms in total. The number of nitrogens with zero attached hydrogens (tertiary/aromatic N) is 1. The Hall–Kier alpha value is -1.08. The predicted molar refractivity (Wildman–Crippen MR) is 174 cm³/mol. The third-order valence-electron chi connectivity index (χ3n) is 9.32. The van der Waals surface area contributed by atoms with Gasteiger partial charge < -0.3 is 18.3 Å². The van der Waals surface area contributed by atoms with Crippen LogP contribution in [0.1, 0.15) is 67.4 Å². The molecule has 238 valence electrons. The highest BCUT2D eigenvalue weighted by Crippen LogP contribution is 2.41. The van der Waals surface area contributed by atoms with E-state index >= 15 is 0 Å². The van der Waals surface area contributed by atoms with Crippen LogP contribution in [0.2, 0.25) is 36.3 Å². The molecule has 0 heterocycles. The number of rotatable bonds is 19. The van der Waals surface area contributed by atoms with E-state index in [9.17, 15) is 4.79 Å². The molecule has 0 saturated carbocycles. The molecule has 0 radical (unpaired) electrons. The van der Waals surface area contributed by atoms with Crippen LogP contribution in [0.5, 0.6) is 0 Å². The fourth-order valence-corrected chi connectivity index (χ4v) is 9.44. The number of benzene rings is 1. The number of amides is 1. The average molecular weight is 612 g/mol. The van der Waals surface area contributed by atoms with Crippen molar-refractivity contribution in [1.29, 1.82) is 0 Å². The van der Waals surface area contributed by atoms with E-state index in [2.05, 4.69) is 73.7 Å². The molecule has 1 amide bonds. The molecule has 9 heteroatoms.